The van der Waals surface area contributed by atoms with Gasteiger partial charge in [-0.2, -0.15) is 7.05 Å². The molecule has 0 radical (unpaired) electrons. The maximum atomic E-state index is 13.0. The first-order valence-corrected chi connectivity index (χ1v) is 4.26. The highest BCUT2D eigenvalue weighted by atomic mass is 19.1. The predicted molar refractivity (Wildman–Crippen MR) is 48.2 cm³/mol. The van der Waals surface area contributed by atoms with Gasteiger partial charge in [0.2, 0.25) is 0 Å². The van der Waals surface area contributed by atoms with Crippen LogP contribution in [0.4, 0.5) is 4.39 Å². The van der Waals surface area contributed by atoms with Gasteiger partial charge in [0.15, 0.2) is 0 Å². The van der Waals surface area contributed by atoms with Crippen LogP contribution in [0.1, 0.15) is 5.56 Å². The second kappa shape index (κ2) is 5.67. The molecule has 1 aromatic rings. The van der Waals surface area contributed by atoms with Gasteiger partial charge in [0, 0.05) is 5.56 Å². The van der Waals surface area contributed by atoms with E-state index in [9.17, 15) is 4.39 Å². The second-order valence-corrected chi connectivity index (χ2v) is 2.72. The van der Waals surface area contributed by atoms with Gasteiger partial charge in [-0.1, -0.05) is 18.2 Å². The first-order chi connectivity index (χ1) is 6.34. The summed E-state index contributed by atoms with van der Waals surface area (Å²) >= 11 is 0. The zero-order chi connectivity index (χ0) is 9.52. The maximum Gasteiger partial charge on any atom is 0.128 e. The number of ether oxygens (including phenoxy) is 1. The van der Waals surface area contributed by atoms with Crippen molar-refractivity contribution in [1.82, 2.24) is 0 Å². The Bertz CT molecular complexity index is 252. The molecule has 0 spiro atoms. The third-order valence-corrected chi connectivity index (χ3v) is 1.68. The SMILES string of the molecule is [CH2-][NH2+]CCOCc1ccccc1F. The number of nitrogens with two attached hydrogens (primary N) is 1. The quantitative estimate of drug-likeness (QED) is 0.527. The van der Waals surface area contributed by atoms with E-state index in [1.54, 1.807) is 23.5 Å². The fourth-order valence-corrected chi connectivity index (χ4v) is 0.964. The van der Waals surface area contributed by atoms with Gasteiger partial charge in [0.25, 0.3) is 0 Å². The third-order valence-electron chi connectivity index (χ3n) is 1.68. The standard InChI is InChI=1S/C10H14FNO/c1-12-6-7-13-8-9-4-2-3-5-10(9)11/h2-5H,1,6-8,12H2. The first kappa shape index (κ1) is 10.2. The lowest BCUT2D eigenvalue weighted by atomic mass is 10.2. The Hall–Kier alpha value is -0.930. The van der Waals surface area contributed by atoms with Crippen LogP contribution in [0.5, 0.6) is 0 Å². The Balaban J connectivity index is 2.32. The molecule has 2 nitrogen and oxygen atoms in total. The average Bonchev–Trinajstić information content (AvgIpc) is 2.15. The molecule has 3 heteroatoms. The van der Waals surface area contributed by atoms with Crippen LogP contribution in [0.3, 0.4) is 0 Å². The monoisotopic (exact) mass is 183 g/mol. The molecule has 2 N–H and O–H groups in total. The lowest BCUT2D eigenvalue weighted by Gasteiger charge is -2.04. The van der Waals surface area contributed by atoms with Gasteiger partial charge in [-0.25, -0.2) is 4.39 Å². The molecule has 72 valence electrons. The minimum absolute atomic E-state index is 0.207. The molecular weight excluding hydrogens is 169 g/mol. The van der Waals surface area contributed by atoms with Crippen molar-refractivity contribution in [1.29, 1.82) is 0 Å². The van der Waals surface area contributed by atoms with Gasteiger partial charge in [-0.05, 0) is 6.07 Å². The predicted octanol–water partition coefficient (Wildman–Crippen LogP) is 0.697. The third kappa shape index (κ3) is 3.53. The molecule has 0 amide bonds. The molecular formula is C10H14FNO. The zero-order valence-corrected chi connectivity index (χ0v) is 7.50. The molecule has 0 aliphatic carbocycles. The molecule has 0 bridgehead atoms. The lowest BCUT2D eigenvalue weighted by Crippen LogP contribution is -2.78. The smallest absolute Gasteiger partial charge is 0.128 e. The maximum absolute atomic E-state index is 13.0. The van der Waals surface area contributed by atoms with Crippen molar-refractivity contribution in [3.05, 3.63) is 42.7 Å². The number of benzene rings is 1. The molecule has 13 heavy (non-hydrogen) atoms. The summed E-state index contributed by atoms with van der Waals surface area (Å²) in [4.78, 5) is 0. The first-order valence-electron chi connectivity index (χ1n) is 4.26. The van der Waals surface area contributed by atoms with Gasteiger partial charge in [-0.3, -0.25) is 0 Å². The Labute approximate surface area is 77.7 Å². The van der Waals surface area contributed by atoms with E-state index in [2.05, 4.69) is 7.05 Å². The molecule has 0 heterocycles. The molecule has 0 aromatic heterocycles. The van der Waals surface area contributed by atoms with E-state index in [0.29, 0.717) is 18.8 Å². The van der Waals surface area contributed by atoms with E-state index in [4.69, 9.17) is 4.74 Å². The van der Waals surface area contributed by atoms with Crippen molar-refractivity contribution in [2.45, 2.75) is 6.61 Å². The van der Waals surface area contributed by atoms with Crippen molar-refractivity contribution in [3.63, 3.8) is 0 Å². The molecule has 0 fully saturated rings. The van der Waals surface area contributed by atoms with E-state index in [-0.39, 0.29) is 5.82 Å². The Morgan fingerprint density at radius 1 is 1.38 bits per heavy atom. The number of rotatable bonds is 5. The number of hydrogen-bond acceptors (Lipinski definition) is 1. The fraction of sp³-hybridized carbons (Fsp3) is 0.300. The van der Waals surface area contributed by atoms with Gasteiger partial charge >= 0.3 is 0 Å². The normalized spacial score (nSPS) is 10.3. The van der Waals surface area contributed by atoms with Crippen LogP contribution in [-0.4, -0.2) is 13.2 Å². The summed E-state index contributed by atoms with van der Waals surface area (Å²) in [5, 5.41) is 1.78. The number of halogens is 1. The van der Waals surface area contributed by atoms with E-state index >= 15 is 0 Å². The van der Waals surface area contributed by atoms with Gasteiger partial charge in [0.1, 0.15) is 5.82 Å². The van der Waals surface area contributed by atoms with Crippen LogP contribution in [0.2, 0.25) is 0 Å². The van der Waals surface area contributed by atoms with Crippen molar-refractivity contribution >= 4 is 0 Å². The summed E-state index contributed by atoms with van der Waals surface area (Å²) in [6.07, 6.45) is 0. The van der Waals surface area contributed by atoms with Crippen LogP contribution in [-0.2, 0) is 11.3 Å². The van der Waals surface area contributed by atoms with Crippen LogP contribution in [0.15, 0.2) is 24.3 Å². The van der Waals surface area contributed by atoms with Crippen molar-refractivity contribution in [3.8, 4) is 0 Å². The van der Waals surface area contributed by atoms with Gasteiger partial charge in [0.05, 0.1) is 19.8 Å². The van der Waals surface area contributed by atoms with Gasteiger partial charge in [-0.15, -0.1) is 0 Å². The van der Waals surface area contributed by atoms with Crippen molar-refractivity contribution in [2.24, 2.45) is 0 Å². The highest BCUT2D eigenvalue weighted by Gasteiger charge is 1.99. The molecule has 0 saturated heterocycles. The molecule has 0 aliphatic heterocycles. The van der Waals surface area contributed by atoms with E-state index < -0.39 is 0 Å². The summed E-state index contributed by atoms with van der Waals surface area (Å²) in [7, 11) is 3.57. The van der Waals surface area contributed by atoms with Crippen LogP contribution < -0.4 is 5.32 Å². The topological polar surface area (TPSA) is 25.8 Å². The van der Waals surface area contributed by atoms with Crippen LogP contribution in [0, 0.1) is 12.9 Å². The van der Waals surface area contributed by atoms with E-state index in [0.717, 1.165) is 6.54 Å². The lowest BCUT2D eigenvalue weighted by molar-refractivity contribution is -0.597. The molecule has 0 saturated carbocycles. The molecule has 1 aromatic carbocycles. The molecule has 0 atom stereocenters. The second-order valence-electron chi connectivity index (χ2n) is 2.72. The summed E-state index contributed by atoms with van der Waals surface area (Å²) in [6, 6.07) is 6.63. The summed E-state index contributed by atoms with van der Waals surface area (Å²) in [5.74, 6) is -0.207. The van der Waals surface area contributed by atoms with Crippen molar-refractivity contribution in [2.75, 3.05) is 13.2 Å². The minimum atomic E-state index is -0.207. The van der Waals surface area contributed by atoms with E-state index in [1.165, 1.54) is 6.07 Å². The van der Waals surface area contributed by atoms with Crippen LogP contribution in [0.25, 0.3) is 0 Å². The highest BCUT2D eigenvalue weighted by Crippen LogP contribution is 2.06. The Morgan fingerprint density at radius 2 is 2.15 bits per heavy atom. The molecule has 0 unspecified atom stereocenters. The molecule has 1 rings (SSSR count). The summed E-state index contributed by atoms with van der Waals surface area (Å²) in [6.45, 7) is 1.73. The van der Waals surface area contributed by atoms with Crippen molar-refractivity contribution < 1.29 is 14.4 Å². The largest absolute Gasteiger partial charge is 0.477 e. The average molecular weight is 183 g/mol. The molecule has 0 aliphatic rings. The van der Waals surface area contributed by atoms with Crippen LogP contribution >= 0.6 is 0 Å². The fourth-order valence-electron chi connectivity index (χ4n) is 0.964. The number of hydrogen-bond donors (Lipinski definition) is 1. The minimum Gasteiger partial charge on any atom is -0.477 e. The van der Waals surface area contributed by atoms with E-state index in [1.807, 2.05) is 0 Å². The van der Waals surface area contributed by atoms with Gasteiger partial charge < -0.3 is 10.1 Å². The highest BCUT2D eigenvalue weighted by molar-refractivity contribution is 5.16. The summed E-state index contributed by atoms with van der Waals surface area (Å²) in [5.41, 5.74) is 0.603. The Morgan fingerprint density at radius 3 is 2.85 bits per heavy atom. The Kier molecular flexibility index (Phi) is 4.43. The zero-order valence-electron chi connectivity index (χ0n) is 7.50. The number of quaternary nitrogens is 1. The summed E-state index contributed by atoms with van der Waals surface area (Å²) < 4.78 is 18.2.